The van der Waals surface area contributed by atoms with Gasteiger partial charge >= 0.3 is 0 Å². The molecule has 100 valence electrons. The molecule has 1 atom stereocenters. The molecule has 19 heavy (non-hydrogen) atoms. The lowest BCUT2D eigenvalue weighted by molar-refractivity contribution is 0.415. The van der Waals surface area contributed by atoms with Crippen LogP contribution >= 0.6 is 23.2 Å². The van der Waals surface area contributed by atoms with Crippen molar-refractivity contribution in [3.8, 4) is 5.75 Å². The van der Waals surface area contributed by atoms with E-state index in [2.05, 4.69) is 0 Å². The molecule has 0 fully saturated rings. The number of hydrogen-bond acceptors (Lipinski definition) is 1. The van der Waals surface area contributed by atoms with Gasteiger partial charge in [0.25, 0.3) is 0 Å². The van der Waals surface area contributed by atoms with Crippen LogP contribution in [-0.4, -0.2) is 7.11 Å². The quantitative estimate of drug-likeness (QED) is 0.714. The lowest BCUT2D eigenvalue weighted by Crippen LogP contribution is -1.96. The van der Waals surface area contributed by atoms with Crippen LogP contribution < -0.4 is 4.74 Å². The Labute approximate surface area is 121 Å². The van der Waals surface area contributed by atoms with E-state index in [0.717, 1.165) is 5.56 Å². The van der Waals surface area contributed by atoms with Gasteiger partial charge in [0.1, 0.15) is 11.6 Å². The summed E-state index contributed by atoms with van der Waals surface area (Å²) >= 11 is 12.4. The van der Waals surface area contributed by atoms with Crippen LogP contribution in [0.25, 0.3) is 0 Å². The molecule has 0 radical (unpaired) electrons. The fraction of sp³-hybridized carbons (Fsp3) is 0.200. The monoisotopic (exact) mass is 298 g/mol. The normalized spacial score (nSPS) is 12.3. The van der Waals surface area contributed by atoms with Crippen molar-refractivity contribution < 1.29 is 9.13 Å². The summed E-state index contributed by atoms with van der Waals surface area (Å²) < 4.78 is 18.6. The molecule has 0 spiro atoms. The van der Waals surface area contributed by atoms with Gasteiger partial charge in [-0.05, 0) is 41.8 Å². The molecule has 0 bridgehead atoms. The molecular weight excluding hydrogens is 286 g/mol. The van der Waals surface area contributed by atoms with Gasteiger partial charge in [0.15, 0.2) is 0 Å². The van der Waals surface area contributed by atoms with Crippen molar-refractivity contribution in [1.29, 1.82) is 0 Å². The third-order valence-electron chi connectivity index (χ3n) is 2.96. The standard InChI is InChI=1S/C15H13Cl2FO/c1-9-3-4-11(8-13(9)18)15(17)10-5-6-14(19-2)12(16)7-10/h3-8,15H,1-2H3. The van der Waals surface area contributed by atoms with E-state index in [4.69, 9.17) is 27.9 Å². The number of rotatable bonds is 3. The summed E-state index contributed by atoms with van der Waals surface area (Å²) in [5, 5.41) is 0.0386. The van der Waals surface area contributed by atoms with Gasteiger partial charge in [0, 0.05) is 0 Å². The highest BCUT2D eigenvalue weighted by molar-refractivity contribution is 6.32. The summed E-state index contributed by atoms with van der Waals surface area (Å²) in [5.74, 6) is 0.326. The van der Waals surface area contributed by atoms with Gasteiger partial charge in [-0.1, -0.05) is 29.8 Å². The molecule has 0 aromatic heterocycles. The highest BCUT2D eigenvalue weighted by Gasteiger charge is 2.14. The van der Waals surface area contributed by atoms with Crippen LogP contribution in [0, 0.1) is 12.7 Å². The molecule has 0 aliphatic carbocycles. The highest BCUT2D eigenvalue weighted by atomic mass is 35.5. The van der Waals surface area contributed by atoms with Crippen molar-refractivity contribution in [2.75, 3.05) is 7.11 Å². The van der Waals surface area contributed by atoms with Crippen LogP contribution in [-0.2, 0) is 0 Å². The van der Waals surface area contributed by atoms with Crippen LogP contribution in [0.2, 0.25) is 5.02 Å². The van der Waals surface area contributed by atoms with Gasteiger partial charge in [0.05, 0.1) is 17.5 Å². The SMILES string of the molecule is COc1ccc(C(Cl)c2ccc(C)c(F)c2)cc1Cl. The lowest BCUT2D eigenvalue weighted by Gasteiger charge is -2.13. The Morgan fingerprint density at radius 2 is 1.74 bits per heavy atom. The van der Waals surface area contributed by atoms with Crippen molar-refractivity contribution >= 4 is 23.2 Å². The maximum absolute atomic E-state index is 13.5. The third kappa shape index (κ3) is 3.02. The van der Waals surface area contributed by atoms with Crippen LogP contribution in [0.15, 0.2) is 36.4 Å². The first-order valence-electron chi connectivity index (χ1n) is 5.76. The average Bonchev–Trinajstić information content (AvgIpc) is 2.41. The summed E-state index contributed by atoms with van der Waals surface area (Å²) in [6, 6.07) is 10.3. The number of benzene rings is 2. The summed E-state index contributed by atoms with van der Waals surface area (Å²) in [6.07, 6.45) is 0. The summed E-state index contributed by atoms with van der Waals surface area (Å²) in [6.45, 7) is 1.71. The van der Waals surface area contributed by atoms with Crippen molar-refractivity contribution in [3.63, 3.8) is 0 Å². The molecule has 1 nitrogen and oxygen atoms in total. The van der Waals surface area contributed by atoms with Crippen molar-refractivity contribution in [2.45, 2.75) is 12.3 Å². The number of alkyl halides is 1. The molecule has 0 aliphatic heterocycles. The van der Waals surface area contributed by atoms with Crippen molar-refractivity contribution in [3.05, 3.63) is 63.9 Å². The fourth-order valence-electron chi connectivity index (χ4n) is 1.80. The van der Waals surface area contributed by atoms with E-state index in [1.54, 1.807) is 32.2 Å². The molecule has 0 amide bonds. The van der Waals surface area contributed by atoms with Crippen LogP contribution in [0.3, 0.4) is 0 Å². The van der Waals surface area contributed by atoms with Crippen molar-refractivity contribution in [2.24, 2.45) is 0 Å². The molecule has 0 saturated heterocycles. The zero-order chi connectivity index (χ0) is 14.0. The van der Waals surface area contributed by atoms with E-state index < -0.39 is 5.38 Å². The zero-order valence-corrected chi connectivity index (χ0v) is 12.1. The van der Waals surface area contributed by atoms with Gasteiger partial charge in [0.2, 0.25) is 0 Å². The van der Waals surface area contributed by atoms with E-state index in [1.807, 2.05) is 12.1 Å². The summed E-state index contributed by atoms with van der Waals surface area (Å²) in [4.78, 5) is 0. The van der Waals surface area contributed by atoms with E-state index in [-0.39, 0.29) is 5.82 Å². The van der Waals surface area contributed by atoms with E-state index in [0.29, 0.717) is 21.9 Å². The number of hydrogen-bond donors (Lipinski definition) is 0. The molecule has 4 heteroatoms. The largest absolute Gasteiger partial charge is 0.495 e. The number of ether oxygens (including phenoxy) is 1. The summed E-state index contributed by atoms with van der Waals surface area (Å²) in [5.41, 5.74) is 2.10. The molecule has 0 aliphatic rings. The number of aryl methyl sites for hydroxylation is 1. The highest BCUT2D eigenvalue weighted by Crippen LogP contribution is 2.34. The van der Waals surface area contributed by atoms with E-state index in [1.165, 1.54) is 6.07 Å². The first-order chi connectivity index (χ1) is 9.02. The number of methoxy groups -OCH3 is 1. The Hall–Kier alpha value is -1.25. The Kier molecular flexibility index (Phi) is 4.33. The zero-order valence-electron chi connectivity index (χ0n) is 10.6. The fourth-order valence-corrected chi connectivity index (χ4v) is 2.34. The van der Waals surface area contributed by atoms with Gasteiger partial charge < -0.3 is 4.74 Å². The predicted octanol–water partition coefficient (Wildman–Crippen LogP) is 5.12. The smallest absolute Gasteiger partial charge is 0.137 e. The molecule has 0 N–H and O–H groups in total. The van der Waals surface area contributed by atoms with E-state index in [9.17, 15) is 4.39 Å². The summed E-state index contributed by atoms with van der Waals surface area (Å²) in [7, 11) is 1.55. The molecule has 0 heterocycles. The molecule has 2 aromatic carbocycles. The number of halogens is 3. The van der Waals surface area contributed by atoms with Gasteiger partial charge in [-0.15, -0.1) is 11.6 Å². The average molecular weight is 299 g/mol. The van der Waals surface area contributed by atoms with Gasteiger partial charge in [-0.25, -0.2) is 4.39 Å². The Morgan fingerprint density at radius 1 is 1.11 bits per heavy atom. The second-order valence-corrected chi connectivity index (χ2v) is 5.11. The topological polar surface area (TPSA) is 9.23 Å². The first-order valence-corrected chi connectivity index (χ1v) is 6.58. The second kappa shape index (κ2) is 5.81. The Bertz CT molecular complexity index is 599. The third-order valence-corrected chi connectivity index (χ3v) is 3.76. The van der Waals surface area contributed by atoms with Crippen LogP contribution in [0.1, 0.15) is 22.1 Å². The Morgan fingerprint density at radius 3 is 2.32 bits per heavy atom. The van der Waals surface area contributed by atoms with Crippen LogP contribution in [0.5, 0.6) is 5.75 Å². The molecule has 2 rings (SSSR count). The maximum Gasteiger partial charge on any atom is 0.137 e. The van der Waals surface area contributed by atoms with Crippen LogP contribution in [0.4, 0.5) is 4.39 Å². The lowest BCUT2D eigenvalue weighted by atomic mass is 10.0. The van der Waals surface area contributed by atoms with Crippen molar-refractivity contribution in [1.82, 2.24) is 0 Å². The minimum Gasteiger partial charge on any atom is -0.495 e. The minimum absolute atomic E-state index is 0.261. The predicted molar refractivity (Wildman–Crippen MR) is 76.8 cm³/mol. The van der Waals surface area contributed by atoms with Gasteiger partial charge in [-0.2, -0.15) is 0 Å². The molecule has 2 aromatic rings. The van der Waals surface area contributed by atoms with E-state index >= 15 is 0 Å². The minimum atomic E-state index is -0.446. The Balaban J connectivity index is 2.35. The second-order valence-electron chi connectivity index (χ2n) is 4.27. The van der Waals surface area contributed by atoms with Gasteiger partial charge in [-0.3, -0.25) is 0 Å². The molecule has 1 unspecified atom stereocenters. The molecular formula is C15H13Cl2FO. The first kappa shape index (κ1) is 14.2. The maximum atomic E-state index is 13.5. The molecule has 0 saturated carbocycles.